The Kier molecular flexibility index (Phi) is 5.88. The summed E-state index contributed by atoms with van der Waals surface area (Å²) in [7, 11) is 0. The molecule has 1 fully saturated rings. The van der Waals surface area contributed by atoms with Crippen molar-refractivity contribution in [2.75, 3.05) is 18.4 Å². The molecule has 0 aliphatic carbocycles. The molecule has 8 heteroatoms. The van der Waals surface area contributed by atoms with E-state index in [4.69, 9.17) is 5.21 Å². The van der Waals surface area contributed by atoms with Gasteiger partial charge in [0.05, 0.1) is 18.1 Å². The molecule has 0 radical (unpaired) electrons. The first-order valence-corrected chi connectivity index (χ1v) is 8.30. The molecule has 0 spiro atoms. The molecule has 26 heavy (non-hydrogen) atoms. The Morgan fingerprint density at radius 1 is 1.35 bits per heavy atom. The number of anilines is 1. The first kappa shape index (κ1) is 18.0. The van der Waals surface area contributed by atoms with Crippen LogP contribution in [0.5, 0.6) is 0 Å². The van der Waals surface area contributed by atoms with Crippen LogP contribution in [0.4, 0.5) is 10.2 Å². The summed E-state index contributed by atoms with van der Waals surface area (Å²) in [4.78, 5) is 21.6. The third kappa shape index (κ3) is 4.84. The van der Waals surface area contributed by atoms with Gasteiger partial charge in [-0.15, -0.1) is 0 Å². The van der Waals surface area contributed by atoms with Gasteiger partial charge < -0.3 is 5.32 Å². The highest BCUT2D eigenvalue weighted by Gasteiger charge is 2.23. The molecule has 0 bridgehead atoms. The van der Waals surface area contributed by atoms with Crippen molar-refractivity contribution in [3.05, 3.63) is 59.8 Å². The third-order valence-corrected chi connectivity index (χ3v) is 4.16. The summed E-state index contributed by atoms with van der Waals surface area (Å²) >= 11 is 0. The van der Waals surface area contributed by atoms with Gasteiger partial charge in [0.2, 0.25) is 0 Å². The van der Waals surface area contributed by atoms with E-state index < -0.39 is 5.91 Å². The number of carbonyl (C=O) groups is 1. The van der Waals surface area contributed by atoms with Crippen LogP contribution in [0.25, 0.3) is 6.08 Å². The van der Waals surface area contributed by atoms with Gasteiger partial charge in [0, 0.05) is 37.3 Å². The fourth-order valence-electron chi connectivity index (χ4n) is 2.87. The third-order valence-electron chi connectivity index (χ3n) is 4.16. The molecule has 3 N–H and O–H groups in total. The molecule has 1 aromatic carbocycles. The summed E-state index contributed by atoms with van der Waals surface area (Å²) in [6.07, 6.45) is 6.68. The maximum atomic E-state index is 13.8. The van der Waals surface area contributed by atoms with Gasteiger partial charge in [-0.1, -0.05) is 18.2 Å². The van der Waals surface area contributed by atoms with Crippen LogP contribution < -0.4 is 10.8 Å². The number of aromatic nitrogens is 2. The number of likely N-dealkylation sites (tertiary alicyclic amines) is 1. The van der Waals surface area contributed by atoms with Crippen molar-refractivity contribution in [3.8, 4) is 0 Å². The lowest BCUT2D eigenvalue weighted by Gasteiger charge is -2.17. The van der Waals surface area contributed by atoms with Gasteiger partial charge in [-0.25, -0.2) is 14.9 Å². The van der Waals surface area contributed by atoms with Crippen LogP contribution in [0.3, 0.4) is 0 Å². The molecule has 1 aromatic heterocycles. The van der Waals surface area contributed by atoms with Crippen molar-refractivity contribution >= 4 is 17.8 Å². The second-order valence-corrected chi connectivity index (χ2v) is 6.09. The number of benzene rings is 1. The molecule has 1 aliphatic rings. The van der Waals surface area contributed by atoms with Crippen molar-refractivity contribution in [2.45, 2.75) is 19.0 Å². The van der Waals surface area contributed by atoms with Gasteiger partial charge in [-0.05, 0) is 18.6 Å². The zero-order chi connectivity index (χ0) is 18.4. The fraction of sp³-hybridized carbons (Fsp3) is 0.278. The van der Waals surface area contributed by atoms with Gasteiger partial charge in [0.25, 0.3) is 5.91 Å². The van der Waals surface area contributed by atoms with Gasteiger partial charge in [-0.2, -0.15) is 0 Å². The van der Waals surface area contributed by atoms with E-state index in [0.29, 0.717) is 23.6 Å². The maximum Gasteiger partial charge on any atom is 0.267 e. The summed E-state index contributed by atoms with van der Waals surface area (Å²) in [6.45, 7) is 2.28. The predicted molar refractivity (Wildman–Crippen MR) is 94.7 cm³/mol. The second kappa shape index (κ2) is 8.50. The minimum atomic E-state index is -0.630. The molecule has 3 rings (SSSR count). The van der Waals surface area contributed by atoms with Crippen molar-refractivity contribution in [2.24, 2.45) is 0 Å². The number of hydrogen-bond acceptors (Lipinski definition) is 6. The summed E-state index contributed by atoms with van der Waals surface area (Å²) in [5.41, 5.74) is 2.72. The Balaban J connectivity index is 1.51. The van der Waals surface area contributed by atoms with E-state index in [1.807, 2.05) is 12.1 Å². The van der Waals surface area contributed by atoms with Gasteiger partial charge in [0.15, 0.2) is 0 Å². The molecule has 1 aliphatic heterocycles. The smallest absolute Gasteiger partial charge is 0.267 e. The minimum absolute atomic E-state index is 0.173. The van der Waals surface area contributed by atoms with E-state index >= 15 is 0 Å². The molecule has 7 nitrogen and oxygen atoms in total. The highest BCUT2D eigenvalue weighted by atomic mass is 19.1. The zero-order valence-corrected chi connectivity index (χ0v) is 14.1. The number of halogens is 1. The number of carbonyl (C=O) groups excluding carboxylic acids is 1. The Morgan fingerprint density at radius 2 is 2.19 bits per heavy atom. The summed E-state index contributed by atoms with van der Waals surface area (Å²) < 4.78 is 13.8. The lowest BCUT2D eigenvalue weighted by molar-refractivity contribution is -0.124. The van der Waals surface area contributed by atoms with E-state index in [1.54, 1.807) is 12.3 Å². The number of amides is 1. The van der Waals surface area contributed by atoms with Gasteiger partial charge in [-0.3, -0.25) is 19.9 Å². The Hall–Kier alpha value is -2.84. The van der Waals surface area contributed by atoms with Crippen LogP contribution in [0.2, 0.25) is 0 Å². The van der Waals surface area contributed by atoms with Crippen LogP contribution in [0.1, 0.15) is 17.7 Å². The Labute approximate surface area is 150 Å². The van der Waals surface area contributed by atoms with E-state index in [-0.39, 0.29) is 11.9 Å². The van der Waals surface area contributed by atoms with Crippen LogP contribution in [-0.2, 0) is 11.3 Å². The standard InChI is InChI=1S/C18H20FN5O2/c19-16-4-2-1-3-13(16)11-24-8-7-15(12-24)22-17-10-20-14(9-21-17)5-6-18(25)23-26/h1-6,9-10,15,26H,7-8,11-12H2,(H,21,22)(H,23,25)/b6-5+/t15-/m1/s1. The minimum Gasteiger partial charge on any atom is -0.365 e. The molecule has 136 valence electrons. The van der Waals surface area contributed by atoms with E-state index in [9.17, 15) is 9.18 Å². The molecule has 0 unspecified atom stereocenters. The number of rotatable bonds is 6. The second-order valence-electron chi connectivity index (χ2n) is 6.09. The molecule has 0 saturated carbocycles. The molecule has 1 saturated heterocycles. The molecule has 1 atom stereocenters. The normalized spacial score (nSPS) is 17.5. The van der Waals surface area contributed by atoms with E-state index in [1.165, 1.54) is 23.8 Å². The molecule has 2 heterocycles. The number of nitrogens with one attached hydrogen (secondary N) is 2. The molecular formula is C18H20FN5O2. The number of nitrogens with zero attached hydrogens (tertiary/aromatic N) is 3. The molecule has 1 amide bonds. The van der Waals surface area contributed by atoms with Crippen molar-refractivity contribution in [1.82, 2.24) is 20.3 Å². The maximum absolute atomic E-state index is 13.8. The average Bonchev–Trinajstić information content (AvgIpc) is 3.09. The van der Waals surface area contributed by atoms with E-state index in [2.05, 4.69) is 20.2 Å². The topological polar surface area (TPSA) is 90.4 Å². The largest absolute Gasteiger partial charge is 0.365 e. The quantitative estimate of drug-likeness (QED) is 0.415. The zero-order valence-electron chi connectivity index (χ0n) is 14.1. The van der Waals surface area contributed by atoms with Gasteiger partial charge >= 0.3 is 0 Å². The summed E-state index contributed by atoms with van der Waals surface area (Å²) in [5, 5.41) is 11.7. The Bertz CT molecular complexity index is 781. The van der Waals surface area contributed by atoms with Gasteiger partial charge in [0.1, 0.15) is 11.6 Å². The fourth-order valence-corrected chi connectivity index (χ4v) is 2.87. The van der Waals surface area contributed by atoms with Crippen molar-refractivity contribution in [1.29, 1.82) is 0 Å². The SMILES string of the molecule is O=C(/C=C/c1cnc(N[C@@H]2CCN(Cc3ccccc3F)C2)cn1)NO. The highest BCUT2D eigenvalue weighted by Crippen LogP contribution is 2.18. The molecule has 2 aromatic rings. The van der Waals surface area contributed by atoms with Crippen LogP contribution in [0.15, 0.2) is 42.7 Å². The van der Waals surface area contributed by atoms with Crippen LogP contribution >= 0.6 is 0 Å². The van der Waals surface area contributed by atoms with Crippen LogP contribution in [0, 0.1) is 5.82 Å². The van der Waals surface area contributed by atoms with E-state index in [0.717, 1.165) is 25.6 Å². The lowest BCUT2D eigenvalue weighted by Crippen LogP contribution is -2.26. The monoisotopic (exact) mass is 357 g/mol. The Morgan fingerprint density at radius 3 is 2.92 bits per heavy atom. The molecular weight excluding hydrogens is 337 g/mol. The predicted octanol–water partition coefficient (Wildman–Crippen LogP) is 1.82. The lowest BCUT2D eigenvalue weighted by atomic mass is 10.2. The number of hydrogen-bond donors (Lipinski definition) is 3. The van der Waals surface area contributed by atoms with Crippen molar-refractivity contribution < 1.29 is 14.4 Å². The summed E-state index contributed by atoms with van der Waals surface area (Å²) in [6, 6.07) is 7.06. The first-order valence-electron chi connectivity index (χ1n) is 8.30. The van der Waals surface area contributed by atoms with Crippen molar-refractivity contribution in [3.63, 3.8) is 0 Å². The van der Waals surface area contributed by atoms with Crippen LogP contribution in [-0.4, -0.2) is 45.1 Å². The highest BCUT2D eigenvalue weighted by molar-refractivity contribution is 5.90. The average molecular weight is 357 g/mol. The number of hydroxylamine groups is 1. The first-order chi connectivity index (χ1) is 12.6. The summed E-state index contributed by atoms with van der Waals surface area (Å²) in [5.74, 6) is -0.158.